The van der Waals surface area contributed by atoms with Crippen LogP contribution in [0.1, 0.15) is 0 Å². The van der Waals surface area contributed by atoms with Crippen LogP contribution >= 0.6 is 35.4 Å². The summed E-state index contributed by atoms with van der Waals surface area (Å²) in [6, 6.07) is 5.40. The lowest BCUT2D eigenvalue weighted by Crippen LogP contribution is -2.48. The van der Waals surface area contributed by atoms with Gasteiger partial charge < -0.3 is 15.1 Å². The summed E-state index contributed by atoms with van der Waals surface area (Å²) in [5, 5.41) is 4.98. The Balaban J connectivity index is 2.03. The number of piperazine rings is 1. The maximum Gasteiger partial charge on any atom is 0.173 e. The van der Waals surface area contributed by atoms with Gasteiger partial charge in [0.2, 0.25) is 0 Å². The summed E-state index contributed by atoms with van der Waals surface area (Å²) in [6.07, 6.45) is 0. The Labute approximate surface area is 123 Å². The molecule has 0 aromatic heterocycles. The molecule has 1 aromatic rings. The molecule has 0 unspecified atom stereocenters. The molecule has 0 aliphatic carbocycles. The Morgan fingerprint density at radius 3 is 2.28 bits per heavy atom. The number of likely N-dealkylation sites (N-methyl/N-ethyl adjacent to an activating group) is 1. The molecule has 98 valence electrons. The fourth-order valence-electron chi connectivity index (χ4n) is 1.81. The van der Waals surface area contributed by atoms with Crippen molar-refractivity contribution in [2.75, 3.05) is 38.5 Å². The summed E-state index contributed by atoms with van der Waals surface area (Å²) in [7, 11) is 2.11. The van der Waals surface area contributed by atoms with Crippen molar-refractivity contribution in [3.8, 4) is 0 Å². The summed E-state index contributed by atoms with van der Waals surface area (Å²) in [5.41, 5.74) is 0.685. The Kier molecular flexibility index (Phi) is 4.67. The highest BCUT2D eigenvalue weighted by Gasteiger charge is 2.17. The third kappa shape index (κ3) is 3.26. The Morgan fingerprint density at radius 1 is 1.17 bits per heavy atom. The molecule has 0 radical (unpaired) electrons. The molecule has 3 nitrogen and oxygen atoms in total. The van der Waals surface area contributed by atoms with Gasteiger partial charge in [-0.15, -0.1) is 0 Å². The first-order valence-corrected chi connectivity index (χ1v) is 6.93. The van der Waals surface area contributed by atoms with E-state index in [1.54, 1.807) is 12.1 Å². The highest BCUT2D eigenvalue weighted by molar-refractivity contribution is 7.80. The summed E-state index contributed by atoms with van der Waals surface area (Å²) in [6.45, 7) is 3.87. The van der Waals surface area contributed by atoms with Gasteiger partial charge in [0, 0.05) is 26.2 Å². The molecule has 1 fully saturated rings. The van der Waals surface area contributed by atoms with Gasteiger partial charge in [-0.25, -0.2) is 0 Å². The molecule has 18 heavy (non-hydrogen) atoms. The number of hydrogen-bond acceptors (Lipinski definition) is 2. The Morgan fingerprint density at radius 2 is 1.72 bits per heavy atom. The minimum Gasteiger partial charge on any atom is -0.346 e. The molecule has 0 saturated carbocycles. The zero-order valence-corrected chi connectivity index (χ0v) is 12.4. The van der Waals surface area contributed by atoms with Crippen LogP contribution in [0.3, 0.4) is 0 Å². The summed E-state index contributed by atoms with van der Waals surface area (Å²) in [5.74, 6) is 0. The number of nitrogens with one attached hydrogen (secondary N) is 1. The van der Waals surface area contributed by atoms with E-state index in [2.05, 4.69) is 22.2 Å². The number of para-hydroxylation sites is 1. The first-order valence-electron chi connectivity index (χ1n) is 5.76. The summed E-state index contributed by atoms with van der Waals surface area (Å²) >= 11 is 17.6. The van der Waals surface area contributed by atoms with E-state index in [9.17, 15) is 0 Å². The zero-order valence-electron chi connectivity index (χ0n) is 10.1. The summed E-state index contributed by atoms with van der Waals surface area (Å²) in [4.78, 5) is 4.41. The monoisotopic (exact) mass is 303 g/mol. The van der Waals surface area contributed by atoms with Crippen LogP contribution in [0.15, 0.2) is 18.2 Å². The topological polar surface area (TPSA) is 18.5 Å². The predicted molar refractivity (Wildman–Crippen MR) is 81.8 cm³/mol. The second kappa shape index (κ2) is 6.06. The molecule has 0 spiro atoms. The quantitative estimate of drug-likeness (QED) is 0.804. The SMILES string of the molecule is CN1CCN(C(=S)Nc2c(Cl)cccc2Cl)CC1. The highest BCUT2D eigenvalue weighted by atomic mass is 35.5. The van der Waals surface area contributed by atoms with Crippen LogP contribution in [0.25, 0.3) is 0 Å². The van der Waals surface area contributed by atoms with Crippen LogP contribution in [0.2, 0.25) is 10.0 Å². The van der Waals surface area contributed by atoms with Gasteiger partial charge in [0.25, 0.3) is 0 Å². The third-order valence-electron chi connectivity index (χ3n) is 2.99. The van der Waals surface area contributed by atoms with E-state index >= 15 is 0 Å². The van der Waals surface area contributed by atoms with Crippen LogP contribution in [0.4, 0.5) is 5.69 Å². The van der Waals surface area contributed by atoms with E-state index in [-0.39, 0.29) is 0 Å². The first-order chi connectivity index (χ1) is 8.58. The fraction of sp³-hybridized carbons (Fsp3) is 0.417. The molecule has 1 aliphatic rings. The van der Waals surface area contributed by atoms with Crippen LogP contribution in [0, 0.1) is 0 Å². The van der Waals surface area contributed by atoms with E-state index in [4.69, 9.17) is 35.4 Å². The lowest BCUT2D eigenvalue weighted by molar-refractivity contribution is 0.217. The van der Waals surface area contributed by atoms with Crippen molar-refractivity contribution in [3.05, 3.63) is 28.2 Å². The van der Waals surface area contributed by atoms with Crippen molar-refractivity contribution in [3.63, 3.8) is 0 Å². The van der Waals surface area contributed by atoms with Crippen LogP contribution in [-0.2, 0) is 0 Å². The number of rotatable bonds is 1. The van der Waals surface area contributed by atoms with E-state index in [0.717, 1.165) is 26.2 Å². The van der Waals surface area contributed by atoms with Gasteiger partial charge in [0.1, 0.15) is 0 Å². The van der Waals surface area contributed by atoms with Crippen molar-refractivity contribution in [1.82, 2.24) is 9.80 Å². The molecule has 1 saturated heterocycles. The maximum atomic E-state index is 6.10. The standard InChI is InChI=1S/C12H15Cl2N3S/c1-16-5-7-17(8-6-16)12(18)15-11-9(13)3-2-4-10(11)14/h2-4H,5-8H2,1H3,(H,15,18). The molecule has 1 N–H and O–H groups in total. The third-order valence-corrected chi connectivity index (χ3v) is 3.98. The number of halogens is 2. The van der Waals surface area contributed by atoms with Gasteiger partial charge in [-0.3, -0.25) is 0 Å². The minimum atomic E-state index is 0.582. The van der Waals surface area contributed by atoms with E-state index in [0.29, 0.717) is 20.8 Å². The predicted octanol–water partition coefficient (Wildman–Crippen LogP) is 2.94. The maximum absolute atomic E-state index is 6.10. The van der Waals surface area contributed by atoms with Crippen molar-refractivity contribution in [2.45, 2.75) is 0 Å². The number of benzene rings is 1. The molecule has 1 heterocycles. The number of nitrogens with zero attached hydrogens (tertiary/aromatic N) is 2. The number of hydrogen-bond donors (Lipinski definition) is 1. The normalized spacial score (nSPS) is 16.7. The van der Waals surface area contributed by atoms with Crippen molar-refractivity contribution in [2.24, 2.45) is 0 Å². The Hall–Kier alpha value is -0.550. The highest BCUT2D eigenvalue weighted by Crippen LogP contribution is 2.30. The van der Waals surface area contributed by atoms with Gasteiger partial charge >= 0.3 is 0 Å². The first kappa shape index (κ1) is 13.9. The minimum absolute atomic E-state index is 0.582. The van der Waals surface area contributed by atoms with E-state index in [1.807, 2.05) is 6.07 Å². The van der Waals surface area contributed by atoms with Gasteiger partial charge in [-0.1, -0.05) is 29.3 Å². The van der Waals surface area contributed by atoms with Gasteiger partial charge in [0.05, 0.1) is 15.7 Å². The van der Waals surface area contributed by atoms with Gasteiger partial charge in [0.15, 0.2) is 5.11 Å². The molecule has 0 amide bonds. The van der Waals surface area contributed by atoms with Crippen LogP contribution in [-0.4, -0.2) is 48.1 Å². The van der Waals surface area contributed by atoms with Gasteiger partial charge in [-0.2, -0.15) is 0 Å². The Bertz CT molecular complexity index is 425. The molecule has 1 aromatic carbocycles. The fourth-order valence-corrected chi connectivity index (χ4v) is 2.59. The average Bonchev–Trinajstić information content (AvgIpc) is 2.34. The largest absolute Gasteiger partial charge is 0.346 e. The molecular formula is C12H15Cl2N3S. The average molecular weight is 304 g/mol. The van der Waals surface area contributed by atoms with E-state index < -0.39 is 0 Å². The molecular weight excluding hydrogens is 289 g/mol. The number of thiocarbonyl (C=S) groups is 1. The second-order valence-corrected chi connectivity index (χ2v) is 5.52. The molecule has 1 aliphatic heterocycles. The van der Waals surface area contributed by atoms with Gasteiger partial charge in [-0.05, 0) is 31.4 Å². The van der Waals surface area contributed by atoms with E-state index in [1.165, 1.54) is 0 Å². The molecule has 0 atom stereocenters. The lowest BCUT2D eigenvalue weighted by Gasteiger charge is -2.34. The molecule has 0 bridgehead atoms. The number of anilines is 1. The molecule has 2 rings (SSSR count). The smallest absolute Gasteiger partial charge is 0.173 e. The molecule has 6 heteroatoms. The van der Waals surface area contributed by atoms with Crippen molar-refractivity contribution >= 4 is 46.2 Å². The summed E-state index contributed by atoms with van der Waals surface area (Å²) < 4.78 is 0. The van der Waals surface area contributed by atoms with Crippen molar-refractivity contribution < 1.29 is 0 Å². The van der Waals surface area contributed by atoms with Crippen LogP contribution in [0.5, 0.6) is 0 Å². The van der Waals surface area contributed by atoms with Crippen molar-refractivity contribution in [1.29, 1.82) is 0 Å². The second-order valence-electron chi connectivity index (χ2n) is 4.32. The lowest BCUT2D eigenvalue weighted by atomic mass is 10.3. The zero-order chi connectivity index (χ0) is 13.1. The van der Waals surface area contributed by atoms with Crippen LogP contribution < -0.4 is 5.32 Å².